The van der Waals surface area contributed by atoms with E-state index in [0.29, 0.717) is 36.0 Å². The molecule has 1 saturated heterocycles. The zero-order valence-corrected chi connectivity index (χ0v) is 10.5. The summed E-state index contributed by atoms with van der Waals surface area (Å²) in [6.07, 6.45) is -3.44. The minimum atomic E-state index is -4.40. The van der Waals surface area contributed by atoms with E-state index < -0.39 is 11.2 Å². The number of nitrogens with zero attached hydrogens (tertiary/aromatic N) is 1. The fourth-order valence-corrected chi connectivity index (χ4v) is 2.72. The van der Waals surface area contributed by atoms with Crippen molar-refractivity contribution in [1.82, 2.24) is 10.3 Å². The second kappa shape index (κ2) is 5.52. The predicted molar refractivity (Wildman–Crippen MR) is 59.5 cm³/mol. The Morgan fingerprint density at radius 2 is 2.28 bits per heavy atom. The third-order valence-corrected chi connectivity index (χ3v) is 3.72. The van der Waals surface area contributed by atoms with Gasteiger partial charge in [-0.25, -0.2) is 4.98 Å². The highest BCUT2D eigenvalue weighted by Crippen LogP contribution is 2.35. The minimum Gasteiger partial charge on any atom is -0.376 e. The molecule has 18 heavy (non-hydrogen) atoms. The highest BCUT2D eigenvalue weighted by molar-refractivity contribution is 7.11. The number of hydrogen-bond donors (Lipinski definition) is 1. The smallest absolute Gasteiger partial charge is 0.376 e. The Kier molecular flexibility index (Phi) is 4.21. The summed E-state index contributed by atoms with van der Waals surface area (Å²) in [7, 11) is 1.68. The molecule has 1 fully saturated rings. The van der Waals surface area contributed by atoms with Crippen LogP contribution in [0.1, 0.15) is 15.9 Å². The van der Waals surface area contributed by atoms with Crippen molar-refractivity contribution in [3.05, 3.63) is 16.1 Å². The third kappa shape index (κ3) is 3.00. The summed E-state index contributed by atoms with van der Waals surface area (Å²) in [4.78, 5) is 3.91. The number of ether oxygens (including phenoxy) is 2. The molecule has 1 aromatic rings. The largest absolute Gasteiger partial charge is 0.443 e. The van der Waals surface area contributed by atoms with Gasteiger partial charge >= 0.3 is 6.18 Å². The molecule has 2 rings (SSSR count). The molecular weight excluding hydrogens is 269 g/mol. The Balaban J connectivity index is 2.14. The van der Waals surface area contributed by atoms with Crippen LogP contribution < -0.4 is 5.32 Å². The summed E-state index contributed by atoms with van der Waals surface area (Å²) in [5, 5.41) is 2.11. The minimum absolute atomic E-state index is 0.287. The van der Waals surface area contributed by atoms with Gasteiger partial charge in [0.25, 0.3) is 0 Å². The van der Waals surface area contributed by atoms with Crippen LogP contribution in [-0.4, -0.2) is 38.0 Å². The van der Waals surface area contributed by atoms with Crippen LogP contribution in [0.15, 0.2) is 6.20 Å². The van der Waals surface area contributed by atoms with Crippen molar-refractivity contribution in [2.75, 3.05) is 26.9 Å². The van der Waals surface area contributed by atoms with Gasteiger partial charge in [0.15, 0.2) is 5.01 Å². The van der Waals surface area contributed by atoms with Gasteiger partial charge in [-0.15, -0.1) is 11.3 Å². The van der Waals surface area contributed by atoms with Gasteiger partial charge in [-0.05, 0) is 7.05 Å². The maximum Gasteiger partial charge on any atom is 0.443 e. The van der Waals surface area contributed by atoms with Crippen molar-refractivity contribution in [3.63, 3.8) is 0 Å². The number of aromatic nitrogens is 1. The molecule has 1 N–H and O–H groups in total. The van der Waals surface area contributed by atoms with Crippen LogP contribution in [0.2, 0.25) is 0 Å². The van der Waals surface area contributed by atoms with Gasteiger partial charge in [0.1, 0.15) is 6.10 Å². The van der Waals surface area contributed by atoms with Crippen LogP contribution in [0.5, 0.6) is 0 Å². The molecule has 0 aliphatic carbocycles. The molecule has 8 heteroatoms. The van der Waals surface area contributed by atoms with E-state index in [0.717, 1.165) is 0 Å². The molecule has 1 aliphatic rings. The fourth-order valence-electron chi connectivity index (χ4n) is 1.77. The Morgan fingerprint density at radius 3 is 2.78 bits per heavy atom. The summed E-state index contributed by atoms with van der Waals surface area (Å²) >= 11 is 0.632. The van der Waals surface area contributed by atoms with Crippen molar-refractivity contribution in [1.29, 1.82) is 0 Å². The van der Waals surface area contributed by atoms with Crippen LogP contribution in [0.4, 0.5) is 13.2 Å². The standard InChI is InChI=1S/C10H13F3N2O2S/c1-14-8(6-5-16-2-3-17-6)7-4-15-9(18-7)10(11,12)13/h4,6,8,14H,2-3,5H2,1H3. The number of rotatable bonds is 3. The lowest BCUT2D eigenvalue weighted by atomic mass is 10.1. The molecular formula is C10H13F3N2O2S. The summed E-state index contributed by atoms with van der Waals surface area (Å²) in [5.74, 6) is 0. The molecule has 0 saturated carbocycles. The Labute approximate surface area is 106 Å². The molecule has 0 amide bonds. The van der Waals surface area contributed by atoms with Gasteiger partial charge in [-0.3, -0.25) is 0 Å². The monoisotopic (exact) mass is 282 g/mol. The number of thiazole rings is 1. The normalized spacial score (nSPS) is 23.0. The maximum atomic E-state index is 12.5. The number of hydrogen-bond acceptors (Lipinski definition) is 5. The van der Waals surface area contributed by atoms with E-state index in [-0.39, 0.29) is 12.1 Å². The molecule has 102 valence electrons. The quantitative estimate of drug-likeness (QED) is 0.918. The molecule has 1 aromatic heterocycles. The zero-order chi connectivity index (χ0) is 13.2. The second-order valence-corrected chi connectivity index (χ2v) is 4.88. The van der Waals surface area contributed by atoms with E-state index in [1.165, 1.54) is 6.20 Å². The first-order valence-corrected chi connectivity index (χ1v) is 6.23. The van der Waals surface area contributed by atoms with Crippen molar-refractivity contribution >= 4 is 11.3 Å². The van der Waals surface area contributed by atoms with Crippen molar-refractivity contribution in [3.8, 4) is 0 Å². The number of nitrogens with one attached hydrogen (secondary N) is 1. The molecule has 2 atom stereocenters. The lowest BCUT2D eigenvalue weighted by Crippen LogP contribution is -2.38. The van der Waals surface area contributed by atoms with Gasteiger partial charge in [0.05, 0.1) is 25.9 Å². The Morgan fingerprint density at radius 1 is 1.50 bits per heavy atom. The van der Waals surface area contributed by atoms with Crippen LogP contribution in [0.3, 0.4) is 0 Å². The molecule has 2 unspecified atom stereocenters. The van der Waals surface area contributed by atoms with Crippen LogP contribution in [-0.2, 0) is 15.7 Å². The highest BCUT2D eigenvalue weighted by atomic mass is 32.1. The molecule has 2 heterocycles. The van der Waals surface area contributed by atoms with Crippen molar-refractivity contribution < 1.29 is 22.6 Å². The van der Waals surface area contributed by atoms with Gasteiger partial charge in [0.2, 0.25) is 0 Å². The lowest BCUT2D eigenvalue weighted by molar-refractivity contribution is -0.137. The number of alkyl halides is 3. The highest BCUT2D eigenvalue weighted by Gasteiger charge is 2.36. The summed E-state index contributed by atoms with van der Waals surface area (Å²) in [6.45, 7) is 1.34. The van der Waals surface area contributed by atoms with E-state index in [1.807, 2.05) is 0 Å². The third-order valence-electron chi connectivity index (χ3n) is 2.60. The lowest BCUT2D eigenvalue weighted by Gasteiger charge is -2.29. The maximum absolute atomic E-state index is 12.5. The number of halogens is 3. The Hall–Kier alpha value is -0.700. The van der Waals surface area contributed by atoms with E-state index >= 15 is 0 Å². The second-order valence-electron chi connectivity index (χ2n) is 3.82. The Bertz CT molecular complexity index is 391. The molecule has 0 radical (unpaired) electrons. The average molecular weight is 282 g/mol. The van der Waals surface area contributed by atoms with E-state index in [9.17, 15) is 13.2 Å². The molecule has 4 nitrogen and oxygen atoms in total. The van der Waals surface area contributed by atoms with E-state index in [1.54, 1.807) is 7.05 Å². The SMILES string of the molecule is CNC(c1cnc(C(F)(F)F)s1)C1COCCO1. The fraction of sp³-hybridized carbons (Fsp3) is 0.700. The van der Waals surface area contributed by atoms with Crippen LogP contribution in [0, 0.1) is 0 Å². The summed E-state index contributed by atoms with van der Waals surface area (Å²) in [6, 6.07) is -0.334. The van der Waals surface area contributed by atoms with Crippen molar-refractivity contribution in [2.45, 2.75) is 18.3 Å². The topological polar surface area (TPSA) is 43.4 Å². The van der Waals surface area contributed by atoms with E-state index in [4.69, 9.17) is 9.47 Å². The van der Waals surface area contributed by atoms with Gasteiger partial charge in [-0.1, -0.05) is 0 Å². The predicted octanol–water partition coefficient (Wildman–Crippen LogP) is 1.84. The first kappa shape index (κ1) is 13.7. The zero-order valence-electron chi connectivity index (χ0n) is 9.66. The summed E-state index contributed by atoms with van der Waals surface area (Å²) in [5.41, 5.74) is 0. The van der Waals surface area contributed by atoms with Crippen LogP contribution >= 0.6 is 11.3 Å². The van der Waals surface area contributed by atoms with E-state index in [2.05, 4.69) is 10.3 Å². The van der Waals surface area contributed by atoms with Crippen LogP contribution in [0.25, 0.3) is 0 Å². The molecule has 0 bridgehead atoms. The first-order valence-electron chi connectivity index (χ1n) is 5.42. The van der Waals surface area contributed by atoms with Gasteiger partial charge in [-0.2, -0.15) is 13.2 Å². The van der Waals surface area contributed by atoms with Gasteiger partial charge < -0.3 is 14.8 Å². The summed E-state index contributed by atoms with van der Waals surface area (Å²) < 4.78 is 48.2. The molecule has 0 spiro atoms. The first-order chi connectivity index (χ1) is 8.52. The average Bonchev–Trinajstić information content (AvgIpc) is 2.81. The van der Waals surface area contributed by atoms with Crippen molar-refractivity contribution in [2.24, 2.45) is 0 Å². The molecule has 1 aliphatic heterocycles. The van der Waals surface area contributed by atoms with Gasteiger partial charge in [0, 0.05) is 11.1 Å². The molecule has 0 aromatic carbocycles. The number of likely N-dealkylation sites (N-methyl/N-ethyl adjacent to an activating group) is 1.